The molecule has 1 aromatic carbocycles. The van der Waals surface area contributed by atoms with E-state index in [1.54, 1.807) is 12.1 Å². The van der Waals surface area contributed by atoms with Gasteiger partial charge in [0.05, 0.1) is 17.2 Å². The molecule has 30 heavy (non-hydrogen) atoms. The van der Waals surface area contributed by atoms with Gasteiger partial charge in [0.1, 0.15) is 0 Å². The average Bonchev–Trinajstić information content (AvgIpc) is 2.73. The quantitative estimate of drug-likeness (QED) is 0.195. The van der Waals surface area contributed by atoms with E-state index in [0.29, 0.717) is 0 Å². The van der Waals surface area contributed by atoms with E-state index in [9.17, 15) is 14.7 Å². The highest BCUT2D eigenvalue weighted by atomic mass is 16.5. The van der Waals surface area contributed by atoms with Gasteiger partial charge >= 0.3 is 11.9 Å². The maximum absolute atomic E-state index is 12.2. The van der Waals surface area contributed by atoms with Crippen molar-refractivity contribution in [2.24, 2.45) is 0 Å². The lowest BCUT2D eigenvalue weighted by atomic mass is 10.0. The standard InChI is InChI=1S/C26H42O4/c1-3-4-5-6-7-8-9-10-11-12-13-14-15-16-19-22(2)30-26(29)24-21-18-17-20-23(24)25(27)28/h17-18,20-22H,3-16,19H2,1-2H3,(H,27,28). The molecule has 0 saturated carbocycles. The Bertz CT molecular complexity index is 596. The Balaban J connectivity index is 2.01. The van der Waals surface area contributed by atoms with E-state index in [1.807, 2.05) is 6.92 Å². The topological polar surface area (TPSA) is 63.6 Å². The fraction of sp³-hybridized carbons (Fsp3) is 0.692. The normalized spacial score (nSPS) is 11.9. The minimum Gasteiger partial charge on any atom is -0.478 e. The molecule has 0 aliphatic heterocycles. The summed E-state index contributed by atoms with van der Waals surface area (Å²) in [4.78, 5) is 23.5. The van der Waals surface area contributed by atoms with Gasteiger partial charge in [-0.2, -0.15) is 0 Å². The monoisotopic (exact) mass is 418 g/mol. The first-order chi connectivity index (χ1) is 14.6. The number of unbranched alkanes of at least 4 members (excludes halogenated alkanes) is 13. The highest BCUT2D eigenvalue weighted by molar-refractivity contribution is 6.02. The van der Waals surface area contributed by atoms with Crippen LogP contribution in [0.2, 0.25) is 0 Å². The van der Waals surface area contributed by atoms with Crippen molar-refractivity contribution in [2.75, 3.05) is 0 Å². The Labute approximate surface area is 183 Å². The Kier molecular flexibility index (Phi) is 14.8. The van der Waals surface area contributed by atoms with Gasteiger partial charge in [-0.1, -0.05) is 103 Å². The Morgan fingerprint density at radius 2 is 1.20 bits per heavy atom. The number of benzene rings is 1. The fourth-order valence-electron chi connectivity index (χ4n) is 3.78. The Morgan fingerprint density at radius 1 is 0.767 bits per heavy atom. The van der Waals surface area contributed by atoms with Gasteiger partial charge in [0.2, 0.25) is 0 Å². The summed E-state index contributed by atoms with van der Waals surface area (Å²) in [5, 5.41) is 9.19. The molecule has 170 valence electrons. The second-order valence-electron chi connectivity index (χ2n) is 8.45. The van der Waals surface area contributed by atoms with Crippen molar-refractivity contribution in [1.29, 1.82) is 0 Å². The van der Waals surface area contributed by atoms with Crippen molar-refractivity contribution in [3.63, 3.8) is 0 Å². The number of carboxylic acids is 1. The van der Waals surface area contributed by atoms with Crippen molar-refractivity contribution in [3.05, 3.63) is 35.4 Å². The van der Waals surface area contributed by atoms with Gasteiger partial charge in [0.25, 0.3) is 0 Å². The molecular formula is C26H42O4. The summed E-state index contributed by atoms with van der Waals surface area (Å²) in [5.41, 5.74) is 0.115. The first kappa shape index (κ1) is 26.2. The van der Waals surface area contributed by atoms with E-state index in [4.69, 9.17) is 4.74 Å². The maximum atomic E-state index is 12.2. The molecule has 4 heteroatoms. The lowest BCUT2D eigenvalue weighted by Crippen LogP contribution is -2.17. The minimum atomic E-state index is -1.11. The zero-order valence-corrected chi connectivity index (χ0v) is 19.2. The number of ether oxygens (including phenoxy) is 1. The average molecular weight is 419 g/mol. The predicted molar refractivity (Wildman–Crippen MR) is 123 cm³/mol. The molecule has 0 saturated heterocycles. The Morgan fingerprint density at radius 3 is 1.67 bits per heavy atom. The molecule has 0 aliphatic carbocycles. The second-order valence-corrected chi connectivity index (χ2v) is 8.45. The second kappa shape index (κ2) is 16.9. The highest BCUT2D eigenvalue weighted by Crippen LogP contribution is 2.16. The predicted octanol–water partition coefficient (Wildman–Crippen LogP) is 7.80. The van der Waals surface area contributed by atoms with Crippen LogP contribution in [0, 0.1) is 0 Å². The maximum Gasteiger partial charge on any atom is 0.339 e. The van der Waals surface area contributed by atoms with E-state index >= 15 is 0 Å². The van der Waals surface area contributed by atoms with Crippen LogP contribution in [0.4, 0.5) is 0 Å². The van der Waals surface area contributed by atoms with Crippen LogP contribution < -0.4 is 0 Å². The van der Waals surface area contributed by atoms with Crippen LogP contribution in [-0.4, -0.2) is 23.1 Å². The summed E-state index contributed by atoms with van der Waals surface area (Å²) in [5.74, 6) is -1.66. The van der Waals surface area contributed by atoms with Crippen molar-refractivity contribution in [1.82, 2.24) is 0 Å². The molecule has 0 heterocycles. The van der Waals surface area contributed by atoms with Gasteiger partial charge in [0, 0.05) is 0 Å². The van der Waals surface area contributed by atoms with Crippen LogP contribution in [0.5, 0.6) is 0 Å². The molecule has 0 amide bonds. The van der Waals surface area contributed by atoms with Crippen molar-refractivity contribution in [3.8, 4) is 0 Å². The van der Waals surface area contributed by atoms with Crippen LogP contribution in [0.25, 0.3) is 0 Å². The molecular weight excluding hydrogens is 376 g/mol. The lowest BCUT2D eigenvalue weighted by Gasteiger charge is -2.14. The highest BCUT2D eigenvalue weighted by Gasteiger charge is 2.18. The number of carbonyl (C=O) groups excluding carboxylic acids is 1. The lowest BCUT2D eigenvalue weighted by molar-refractivity contribution is 0.0313. The number of aromatic carboxylic acids is 1. The summed E-state index contributed by atoms with van der Waals surface area (Å²) in [6, 6.07) is 6.20. The van der Waals surface area contributed by atoms with Crippen LogP contribution >= 0.6 is 0 Å². The number of carbonyl (C=O) groups is 2. The van der Waals surface area contributed by atoms with Crippen molar-refractivity contribution >= 4 is 11.9 Å². The Hall–Kier alpha value is -1.84. The zero-order chi connectivity index (χ0) is 22.0. The van der Waals surface area contributed by atoms with E-state index in [2.05, 4.69) is 6.92 Å². The zero-order valence-electron chi connectivity index (χ0n) is 19.2. The third-order valence-corrected chi connectivity index (χ3v) is 5.65. The molecule has 1 unspecified atom stereocenters. The molecule has 1 N–H and O–H groups in total. The van der Waals surface area contributed by atoms with Gasteiger partial charge in [-0.3, -0.25) is 0 Å². The summed E-state index contributed by atoms with van der Waals surface area (Å²) < 4.78 is 5.44. The van der Waals surface area contributed by atoms with E-state index in [-0.39, 0.29) is 17.2 Å². The first-order valence-electron chi connectivity index (χ1n) is 12.1. The van der Waals surface area contributed by atoms with E-state index < -0.39 is 11.9 Å². The number of carboxylic acid groups (broad SMARTS) is 1. The third kappa shape index (κ3) is 12.0. The SMILES string of the molecule is CCCCCCCCCCCCCCCCC(C)OC(=O)c1ccccc1C(=O)O. The fourth-order valence-corrected chi connectivity index (χ4v) is 3.78. The third-order valence-electron chi connectivity index (χ3n) is 5.65. The summed E-state index contributed by atoms with van der Waals surface area (Å²) in [7, 11) is 0. The van der Waals surface area contributed by atoms with Gasteiger partial charge < -0.3 is 9.84 Å². The van der Waals surface area contributed by atoms with Crippen LogP contribution in [0.1, 0.15) is 131 Å². The first-order valence-corrected chi connectivity index (χ1v) is 12.1. The van der Waals surface area contributed by atoms with Gasteiger partial charge in [-0.25, -0.2) is 9.59 Å². The van der Waals surface area contributed by atoms with Gasteiger partial charge in [-0.05, 0) is 31.9 Å². The summed E-state index contributed by atoms with van der Waals surface area (Å²) in [6.07, 6.45) is 19.1. The minimum absolute atomic E-state index is 0.00815. The van der Waals surface area contributed by atoms with E-state index in [0.717, 1.165) is 19.3 Å². The molecule has 0 bridgehead atoms. The number of esters is 1. The van der Waals surface area contributed by atoms with E-state index in [1.165, 1.54) is 89.2 Å². The largest absolute Gasteiger partial charge is 0.478 e. The molecule has 0 fully saturated rings. The van der Waals surface area contributed by atoms with Gasteiger partial charge in [0.15, 0.2) is 0 Å². The number of hydrogen-bond acceptors (Lipinski definition) is 3. The molecule has 1 aromatic rings. The summed E-state index contributed by atoms with van der Waals surface area (Å²) >= 11 is 0. The molecule has 0 spiro atoms. The van der Waals surface area contributed by atoms with Crippen LogP contribution in [-0.2, 0) is 4.74 Å². The molecule has 0 aromatic heterocycles. The van der Waals surface area contributed by atoms with Gasteiger partial charge in [-0.15, -0.1) is 0 Å². The number of hydrogen-bond donors (Lipinski definition) is 1. The molecule has 0 radical (unpaired) electrons. The molecule has 1 rings (SSSR count). The van der Waals surface area contributed by atoms with Crippen LogP contribution in [0.15, 0.2) is 24.3 Å². The molecule has 4 nitrogen and oxygen atoms in total. The number of rotatable bonds is 18. The van der Waals surface area contributed by atoms with Crippen LogP contribution in [0.3, 0.4) is 0 Å². The smallest absolute Gasteiger partial charge is 0.339 e. The molecule has 1 atom stereocenters. The van der Waals surface area contributed by atoms with Crippen molar-refractivity contribution in [2.45, 2.75) is 116 Å². The summed E-state index contributed by atoms with van der Waals surface area (Å²) in [6.45, 7) is 4.14. The molecule has 0 aliphatic rings. The van der Waals surface area contributed by atoms with Crippen molar-refractivity contribution < 1.29 is 19.4 Å².